The first kappa shape index (κ1) is 14.0. The third kappa shape index (κ3) is 3.45. The Hall–Kier alpha value is -0.0900. The largest absolute Gasteiger partial charge is 0.314 e. The molecule has 1 saturated carbocycles. The van der Waals surface area contributed by atoms with Crippen molar-refractivity contribution in [3.63, 3.8) is 0 Å². The molecular weight excluding hydrogens is 222 g/mol. The number of rotatable bonds is 6. The van der Waals surface area contributed by atoms with Crippen molar-refractivity contribution < 1.29 is 8.42 Å². The quantitative estimate of drug-likeness (QED) is 0.782. The van der Waals surface area contributed by atoms with Gasteiger partial charge in [0.2, 0.25) is 0 Å². The molecule has 1 fully saturated rings. The molecule has 0 aromatic rings. The highest BCUT2D eigenvalue weighted by atomic mass is 32.2. The molecule has 1 N–H and O–H groups in total. The molecular formula is C12H25NO2S. The van der Waals surface area contributed by atoms with Gasteiger partial charge in [0.05, 0.1) is 10.5 Å². The summed E-state index contributed by atoms with van der Waals surface area (Å²) in [5.74, 6) is 0. The molecule has 3 nitrogen and oxygen atoms in total. The summed E-state index contributed by atoms with van der Waals surface area (Å²) in [4.78, 5) is 0. The molecule has 1 aliphatic carbocycles. The molecule has 4 heteroatoms. The summed E-state index contributed by atoms with van der Waals surface area (Å²) < 4.78 is 24.5. The minimum absolute atomic E-state index is 0.0590. The van der Waals surface area contributed by atoms with Crippen LogP contribution in [0, 0.1) is 0 Å². The molecule has 0 amide bonds. The molecule has 1 rings (SSSR count). The van der Waals surface area contributed by atoms with E-state index >= 15 is 0 Å². The lowest BCUT2D eigenvalue weighted by Crippen LogP contribution is -2.35. The van der Waals surface area contributed by atoms with Gasteiger partial charge in [-0.2, -0.15) is 0 Å². The highest BCUT2D eigenvalue weighted by Crippen LogP contribution is 2.28. The van der Waals surface area contributed by atoms with Gasteiger partial charge in [-0.05, 0) is 39.7 Å². The van der Waals surface area contributed by atoms with E-state index in [4.69, 9.17) is 0 Å². The topological polar surface area (TPSA) is 46.2 Å². The van der Waals surface area contributed by atoms with E-state index in [1.165, 1.54) is 0 Å². The van der Waals surface area contributed by atoms with Crippen LogP contribution in [0.3, 0.4) is 0 Å². The van der Waals surface area contributed by atoms with E-state index in [9.17, 15) is 8.42 Å². The van der Waals surface area contributed by atoms with Crippen LogP contribution in [0.15, 0.2) is 0 Å². The zero-order valence-electron chi connectivity index (χ0n) is 10.7. The van der Waals surface area contributed by atoms with Crippen molar-refractivity contribution in [3.8, 4) is 0 Å². The molecule has 0 bridgehead atoms. The van der Waals surface area contributed by atoms with Gasteiger partial charge in [-0.3, -0.25) is 0 Å². The molecule has 16 heavy (non-hydrogen) atoms. The van der Waals surface area contributed by atoms with Crippen molar-refractivity contribution in [3.05, 3.63) is 0 Å². The predicted molar refractivity (Wildman–Crippen MR) is 68.4 cm³/mol. The van der Waals surface area contributed by atoms with Gasteiger partial charge in [-0.1, -0.05) is 19.8 Å². The van der Waals surface area contributed by atoms with Crippen molar-refractivity contribution in [1.29, 1.82) is 0 Å². The maximum atomic E-state index is 12.2. The van der Waals surface area contributed by atoms with Crippen LogP contribution in [0.4, 0.5) is 0 Å². The van der Waals surface area contributed by atoms with E-state index in [0.29, 0.717) is 0 Å². The summed E-state index contributed by atoms with van der Waals surface area (Å²) in [5.41, 5.74) is 0. The number of hydrogen-bond donors (Lipinski definition) is 1. The minimum atomic E-state index is -2.89. The van der Waals surface area contributed by atoms with Crippen LogP contribution in [-0.4, -0.2) is 31.5 Å². The van der Waals surface area contributed by atoms with Crippen LogP contribution in [0.25, 0.3) is 0 Å². The smallest absolute Gasteiger partial charge is 0.155 e. The van der Waals surface area contributed by atoms with Gasteiger partial charge >= 0.3 is 0 Å². The van der Waals surface area contributed by atoms with Crippen molar-refractivity contribution in [2.24, 2.45) is 0 Å². The lowest BCUT2D eigenvalue weighted by Gasteiger charge is -2.21. The van der Waals surface area contributed by atoms with Crippen molar-refractivity contribution in [2.45, 2.75) is 69.4 Å². The third-order valence-corrected chi connectivity index (χ3v) is 6.28. The van der Waals surface area contributed by atoms with Crippen LogP contribution in [0.1, 0.15) is 52.9 Å². The first-order valence-electron chi connectivity index (χ1n) is 6.44. The molecule has 96 valence electrons. The Balaban J connectivity index is 2.54. The summed E-state index contributed by atoms with van der Waals surface area (Å²) in [6, 6.07) is 0.288. The van der Waals surface area contributed by atoms with Crippen LogP contribution in [0.5, 0.6) is 0 Å². The second kappa shape index (κ2) is 6.01. The fraction of sp³-hybridized carbons (Fsp3) is 1.00. The van der Waals surface area contributed by atoms with Crippen molar-refractivity contribution in [1.82, 2.24) is 5.32 Å². The molecule has 2 unspecified atom stereocenters. The first-order valence-corrected chi connectivity index (χ1v) is 8.05. The van der Waals surface area contributed by atoms with Gasteiger partial charge in [-0.15, -0.1) is 0 Å². The highest BCUT2D eigenvalue weighted by molar-refractivity contribution is 7.92. The molecule has 0 aromatic heterocycles. The van der Waals surface area contributed by atoms with Crippen molar-refractivity contribution in [2.75, 3.05) is 6.54 Å². The SMILES string of the molecule is CCNC(C)CC(C)S(=O)(=O)C1CCCC1. The normalized spacial score (nSPS) is 22.2. The summed E-state index contributed by atoms with van der Waals surface area (Å²) in [6.07, 6.45) is 4.65. The average molecular weight is 247 g/mol. The van der Waals surface area contributed by atoms with Gasteiger partial charge in [0, 0.05) is 6.04 Å². The standard InChI is InChI=1S/C12H25NO2S/c1-4-13-10(2)9-11(3)16(14,15)12-7-5-6-8-12/h10-13H,4-9H2,1-3H3. The lowest BCUT2D eigenvalue weighted by molar-refractivity contribution is 0.503. The fourth-order valence-electron chi connectivity index (χ4n) is 2.61. The van der Waals surface area contributed by atoms with E-state index < -0.39 is 9.84 Å². The fourth-order valence-corrected chi connectivity index (χ4v) is 4.81. The summed E-state index contributed by atoms with van der Waals surface area (Å²) in [5, 5.41) is 3.01. The van der Waals surface area contributed by atoms with Crippen LogP contribution < -0.4 is 5.32 Å². The molecule has 0 aliphatic heterocycles. The molecule has 0 aromatic carbocycles. The van der Waals surface area contributed by atoms with Gasteiger partial charge in [0.15, 0.2) is 9.84 Å². The summed E-state index contributed by atoms with van der Waals surface area (Å²) in [6.45, 7) is 6.87. The second-order valence-corrected chi connectivity index (χ2v) is 7.65. The number of sulfone groups is 1. The van der Waals surface area contributed by atoms with Gasteiger partial charge < -0.3 is 5.32 Å². The van der Waals surface area contributed by atoms with E-state index in [1.807, 2.05) is 13.8 Å². The molecule has 2 atom stereocenters. The van der Waals surface area contributed by atoms with E-state index in [2.05, 4.69) is 12.2 Å². The minimum Gasteiger partial charge on any atom is -0.314 e. The zero-order chi connectivity index (χ0) is 12.2. The van der Waals surface area contributed by atoms with Gasteiger partial charge in [-0.25, -0.2) is 8.42 Å². The molecule has 0 saturated heterocycles. The Morgan fingerprint density at radius 2 is 1.81 bits per heavy atom. The van der Waals surface area contributed by atoms with Crippen LogP contribution in [-0.2, 0) is 9.84 Å². The molecule has 0 spiro atoms. The Labute approximate surface area is 99.9 Å². The average Bonchev–Trinajstić information content (AvgIpc) is 2.70. The third-order valence-electron chi connectivity index (χ3n) is 3.57. The second-order valence-electron chi connectivity index (χ2n) is 5.00. The first-order chi connectivity index (χ1) is 7.48. The van der Waals surface area contributed by atoms with Gasteiger partial charge in [0.1, 0.15) is 0 Å². The predicted octanol–water partition coefficient (Wildman–Crippen LogP) is 2.12. The van der Waals surface area contributed by atoms with E-state index in [1.54, 1.807) is 0 Å². The van der Waals surface area contributed by atoms with Crippen LogP contribution in [0.2, 0.25) is 0 Å². The Kier molecular flexibility index (Phi) is 5.25. The lowest BCUT2D eigenvalue weighted by atomic mass is 10.2. The zero-order valence-corrected chi connectivity index (χ0v) is 11.5. The number of nitrogens with one attached hydrogen (secondary N) is 1. The van der Waals surface area contributed by atoms with Crippen LogP contribution >= 0.6 is 0 Å². The Morgan fingerprint density at radius 1 is 1.25 bits per heavy atom. The number of hydrogen-bond acceptors (Lipinski definition) is 3. The van der Waals surface area contributed by atoms with E-state index in [-0.39, 0.29) is 16.5 Å². The maximum Gasteiger partial charge on any atom is 0.155 e. The van der Waals surface area contributed by atoms with Gasteiger partial charge in [0.25, 0.3) is 0 Å². The maximum absolute atomic E-state index is 12.2. The monoisotopic (exact) mass is 247 g/mol. The summed E-state index contributed by atoms with van der Waals surface area (Å²) >= 11 is 0. The Morgan fingerprint density at radius 3 is 2.31 bits per heavy atom. The molecule has 0 heterocycles. The highest BCUT2D eigenvalue weighted by Gasteiger charge is 2.33. The van der Waals surface area contributed by atoms with Crippen molar-refractivity contribution >= 4 is 9.84 Å². The summed E-state index contributed by atoms with van der Waals surface area (Å²) in [7, 11) is -2.89. The Bertz CT molecular complexity index is 294. The molecule has 0 radical (unpaired) electrons. The molecule has 1 aliphatic rings. The van der Waals surface area contributed by atoms with E-state index in [0.717, 1.165) is 38.6 Å².